The summed E-state index contributed by atoms with van der Waals surface area (Å²) in [5.74, 6) is 0.705. The van der Waals surface area contributed by atoms with Crippen LogP contribution in [0.3, 0.4) is 0 Å². The molecule has 176 valence electrons. The number of halogens is 1. The average molecular weight is 481 g/mol. The lowest BCUT2D eigenvalue weighted by Crippen LogP contribution is -2.72. The Hall–Kier alpha value is -3.23. The number of fused-ring (bicyclic) bond motifs is 2. The molecule has 2 N–H and O–H groups in total. The molecule has 4 atom stereocenters. The second-order valence-electron chi connectivity index (χ2n) is 9.64. The SMILES string of the molecule is CN(c1cnc(-c2ccc(-c3nnc(C#N)s3)cc2O)nn1)[C@@H]1C[C@@]2(C)CCC[C@](C)(N2)[C@@H]1F. The fraction of sp³-hybridized carbons (Fsp3) is 0.478. The number of hydrogen-bond acceptors (Lipinski definition) is 10. The van der Waals surface area contributed by atoms with E-state index in [1.807, 2.05) is 24.9 Å². The zero-order chi connectivity index (χ0) is 24.1. The number of rotatable bonds is 4. The van der Waals surface area contributed by atoms with Crippen LogP contribution in [0.15, 0.2) is 24.4 Å². The molecular weight excluding hydrogens is 455 g/mol. The molecule has 3 aromatic rings. The van der Waals surface area contributed by atoms with Crippen molar-refractivity contribution in [3.8, 4) is 33.8 Å². The lowest BCUT2D eigenvalue weighted by Gasteiger charge is -2.56. The minimum absolute atomic E-state index is 0.0371. The first-order valence-electron chi connectivity index (χ1n) is 11.1. The van der Waals surface area contributed by atoms with E-state index in [4.69, 9.17) is 5.26 Å². The van der Waals surface area contributed by atoms with Crippen molar-refractivity contribution in [3.05, 3.63) is 29.4 Å². The van der Waals surface area contributed by atoms with E-state index in [0.717, 1.165) is 30.6 Å². The third kappa shape index (κ3) is 3.86. The Labute approximate surface area is 200 Å². The molecule has 5 rings (SSSR count). The van der Waals surface area contributed by atoms with Crippen molar-refractivity contribution in [1.82, 2.24) is 30.7 Å². The highest BCUT2D eigenvalue weighted by molar-refractivity contribution is 7.15. The van der Waals surface area contributed by atoms with Gasteiger partial charge in [-0.3, -0.25) is 0 Å². The van der Waals surface area contributed by atoms with Gasteiger partial charge >= 0.3 is 0 Å². The summed E-state index contributed by atoms with van der Waals surface area (Å²) in [6.07, 6.45) is 4.03. The first-order chi connectivity index (χ1) is 16.2. The molecule has 2 aliphatic rings. The highest BCUT2D eigenvalue weighted by atomic mass is 32.1. The minimum atomic E-state index is -1.05. The number of anilines is 1. The molecule has 0 aliphatic carbocycles. The lowest BCUT2D eigenvalue weighted by atomic mass is 9.68. The molecular formula is C23H25FN8OS. The Morgan fingerprint density at radius 2 is 2.06 bits per heavy atom. The zero-order valence-electron chi connectivity index (χ0n) is 19.2. The first-order valence-corrected chi connectivity index (χ1v) is 12.0. The number of piperidine rings is 2. The van der Waals surface area contributed by atoms with E-state index in [9.17, 15) is 5.11 Å². The summed E-state index contributed by atoms with van der Waals surface area (Å²) in [6, 6.07) is 6.57. The van der Waals surface area contributed by atoms with Crippen molar-refractivity contribution in [2.24, 2.45) is 0 Å². The molecule has 0 spiro atoms. The van der Waals surface area contributed by atoms with Crippen molar-refractivity contribution in [3.63, 3.8) is 0 Å². The summed E-state index contributed by atoms with van der Waals surface area (Å²) < 4.78 is 15.6. The van der Waals surface area contributed by atoms with Gasteiger partial charge in [-0.05, 0) is 51.7 Å². The number of phenolic OH excluding ortho intramolecular Hbond substituents is 1. The molecule has 2 fully saturated rings. The number of nitrogens with one attached hydrogen (secondary N) is 1. The molecule has 11 heteroatoms. The van der Waals surface area contributed by atoms with Crippen LogP contribution >= 0.6 is 11.3 Å². The van der Waals surface area contributed by atoms with Crippen LogP contribution in [0.1, 0.15) is 44.5 Å². The maximum absolute atomic E-state index is 15.6. The van der Waals surface area contributed by atoms with Gasteiger partial charge in [-0.2, -0.15) is 5.26 Å². The number of alkyl halides is 1. The molecule has 9 nitrogen and oxygen atoms in total. The van der Waals surface area contributed by atoms with Crippen LogP contribution in [0.25, 0.3) is 22.0 Å². The van der Waals surface area contributed by atoms with E-state index >= 15 is 4.39 Å². The van der Waals surface area contributed by atoms with Gasteiger partial charge in [-0.25, -0.2) is 9.37 Å². The van der Waals surface area contributed by atoms with Crippen LogP contribution in [-0.4, -0.2) is 60.8 Å². The second kappa shape index (κ2) is 8.21. The third-order valence-electron chi connectivity index (χ3n) is 7.03. The largest absolute Gasteiger partial charge is 0.507 e. The second-order valence-corrected chi connectivity index (χ2v) is 10.6. The summed E-state index contributed by atoms with van der Waals surface area (Å²) in [6.45, 7) is 4.14. The number of aromatic nitrogens is 5. The van der Waals surface area contributed by atoms with E-state index in [0.29, 0.717) is 28.4 Å². The number of nitriles is 1. The molecule has 2 aromatic heterocycles. The van der Waals surface area contributed by atoms with Crippen LogP contribution in [-0.2, 0) is 0 Å². The van der Waals surface area contributed by atoms with Crippen LogP contribution in [0.4, 0.5) is 10.2 Å². The molecule has 34 heavy (non-hydrogen) atoms. The van der Waals surface area contributed by atoms with E-state index in [-0.39, 0.29) is 28.2 Å². The standard InChI is InChI=1S/C23H25FN8OS/c1-22-7-4-8-23(2,31-22)19(24)15(10-22)32(3)17-12-26-20(29-27-17)14-6-5-13(9-16(14)33)21-30-28-18(11-25)34-21/h5-6,9,12,15,19,31,33H,4,7-8,10H2,1-3H3/t15-,19-,22-,23+/m1/s1. The van der Waals surface area contributed by atoms with E-state index in [2.05, 4.69) is 37.6 Å². The molecule has 0 unspecified atom stereocenters. The van der Waals surface area contributed by atoms with Crippen molar-refractivity contribution in [1.29, 1.82) is 5.26 Å². The maximum atomic E-state index is 15.6. The Morgan fingerprint density at radius 3 is 2.74 bits per heavy atom. The third-order valence-corrected chi connectivity index (χ3v) is 7.91. The average Bonchev–Trinajstić information content (AvgIpc) is 3.30. The molecule has 0 saturated carbocycles. The Bertz CT molecular complexity index is 1260. The van der Waals surface area contributed by atoms with Crippen molar-refractivity contribution < 1.29 is 9.50 Å². The summed E-state index contributed by atoms with van der Waals surface area (Å²) in [5.41, 5.74) is 0.385. The van der Waals surface area contributed by atoms with Gasteiger partial charge in [0, 0.05) is 23.7 Å². The van der Waals surface area contributed by atoms with Crippen molar-refractivity contribution in [2.45, 2.75) is 62.8 Å². The number of nitrogens with zero attached hydrogens (tertiary/aromatic N) is 7. The highest BCUT2D eigenvalue weighted by Crippen LogP contribution is 2.43. The molecule has 4 heterocycles. The highest BCUT2D eigenvalue weighted by Gasteiger charge is 2.53. The van der Waals surface area contributed by atoms with Gasteiger partial charge in [0.2, 0.25) is 5.01 Å². The van der Waals surface area contributed by atoms with Gasteiger partial charge in [0.05, 0.1) is 17.8 Å². The first kappa shape index (κ1) is 22.6. The molecule has 1 aromatic carbocycles. The summed E-state index contributed by atoms with van der Waals surface area (Å²) in [5, 5.41) is 40.1. The number of phenols is 1. The van der Waals surface area contributed by atoms with E-state index < -0.39 is 11.7 Å². The van der Waals surface area contributed by atoms with Gasteiger partial charge in [-0.15, -0.1) is 20.4 Å². The molecule has 2 saturated heterocycles. The number of aromatic hydroxyl groups is 1. The zero-order valence-corrected chi connectivity index (χ0v) is 20.0. The predicted molar refractivity (Wildman–Crippen MR) is 126 cm³/mol. The molecule has 2 bridgehead atoms. The lowest BCUT2D eigenvalue weighted by molar-refractivity contribution is 0.00193. The number of hydrogen-bond donors (Lipinski definition) is 2. The normalized spacial score (nSPS) is 28.3. The summed E-state index contributed by atoms with van der Waals surface area (Å²) >= 11 is 1.14. The van der Waals surface area contributed by atoms with Crippen molar-refractivity contribution in [2.75, 3.05) is 11.9 Å². The van der Waals surface area contributed by atoms with Crippen LogP contribution < -0.4 is 10.2 Å². The maximum Gasteiger partial charge on any atom is 0.218 e. The Balaban J connectivity index is 1.37. The fourth-order valence-electron chi connectivity index (χ4n) is 5.31. The van der Waals surface area contributed by atoms with Gasteiger partial charge in [-0.1, -0.05) is 17.4 Å². The van der Waals surface area contributed by atoms with E-state index in [1.165, 1.54) is 6.07 Å². The smallest absolute Gasteiger partial charge is 0.218 e. The molecule has 0 radical (unpaired) electrons. The van der Waals surface area contributed by atoms with Gasteiger partial charge in [0.15, 0.2) is 11.6 Å². The van der Waals surface area contributed by atoms with Crippen LogP contribution in [0.2, 0.25) is 0 Å². The Kier molecular flexibility index (Phi) is 5.45. The molecule has 0 amide bonds. The number of benzene rings is 1. The van der Waals surface area contributed by atoms with Crippen LogP contribution in [0, 0.1) is 11.3 Å². The Morgan fingerprint density at radius 1 is 1.24 bits per heavy atom. The monoisotopic (exact) mass is 480 g/mol. The minimum Gasteiger partial charge on any atom is -0.507 e. The van der Waals surface area contributed by atoms with Crippen LogP contribution in [0.5, 0.6) is 5.75 Å². The summed E-state index contributed by atoms with van der Waals surface area (Å²) in [7, 11) is 1.83. The quantitative estimate of drug-likeness (QED) is 0.577. The van der Waals surface area contributed by atoms with Gasteiger partial charge in [0.25, 0.3) is 0 Å². The molecule has 2 aliphatic heterocycles. The fourth-order valence-corrected chi connectivity index (χ4v) is 5.94. The van der Waals surface area contributed by atoms with Gasteiger partial charge < -0.3 is 15.3 Å². The van der Waals surface area contributed by atoms with Gasteiger partial charge in [0.1, 0.15) is 23.0 Å². The summed E-state index contributed by atoms with van der Waals surface area (Å²) in [4.78, 5) is 6.23. The predicted octanol–water partition coefficient (Wildman–Crippen LogP) is 3.47. The van der Waals surface area contributed by atoms with E-state index in [1.54, 1.807) is 18.3 Å². The van der Waals surface area contributed by atoms with Crippen molar-refractivity contribution >= 4 is 17.2 Å². The topological polar surface area (TPSA) is 124 Å².